The van der Waals surface area contributed by atoms with Crippen LogP contribution in [-0.4, -0.2) is 37.6 Å². The van der Waals surface area contributed by atoms with E-state index >= 15 is 0 Å². The molecular formula is C23H27N3O4S. The molecule has 0 radical (unpaired) electrons. The van der Waals surface area contributed by atoms with Gasteiger partial charge < -0.3 is 10.6 Å². The highest BCUT2D eigenvalue weighted by Crippen LogP contribution is 2.29. The first kappa shape index (κ1) is 21.5. The van der Waals surface area contributed by atoms with Crippen molar-refractivity contribution < 1.29 is 18.0 Å². The van der Waals surface area contributed by atoms with Gasteiger partial charge in [-0.2, -0.15) is 4.31 Å². The molecule has 0 unspecified atom stereocenters. The molecule has 1 fully saturated rings. The van der Waals surface area contributed by atoms with E-state index < -0.39 is 10.0 Å². The van der Waals surface area contributed by atoms with Crippen molar-refractivity contribution in [3.05, 3.63) is 53.6 Å². The average Bonchev–Trinajstić information content (AvgIpc) is 2.78. The first-order valence-electron chi connectivity index (χ1n) is 10.7. The van der Waals surface area contributed by atoms with Crippen LogP contribution in [0.5, 0.6) is 0 Å². The molecule has 0 atom stereocenters. The summed E-state index contributed by atoms with van der Waals surface area (Å²) in [4.78, 5) is 24.4. The number of hydrogen-bond acceptors (Lipinski definition) is 4. The molecule has 2 aliphatic heterocycles. The minimum absolute atomic E-state index is 0.0510. The number of aryl methyl sites for hydroxylation is 2. The van der Waals surface area contributed by atoms with Gasteiger partial charge >= 0.3 is 0 Å². The molecule has 0 aliphatic carbocycles. The molecule has 2 N–H and O–H groups in total. The lowest BCUT2D eigenvalue weighted by atomic mass is 9.97. The van der Waals surface area contributed by atoms with Crippen molar-refractivity contribution in [2.75, 3.05) is 23.7 Å². The number of hydrogen-bond donors (Lipinski definition) is 2. The van der Waals surface area contributed by atoms with E-state index in [4.69, 9.17) is 0 Å². The van der Waals surface area contributed by atoms with E-state index in [2.05, 4.69) is 17.6 Å². The fraction of sp³-hybridized carbons (Fsp3) is 0.391. The van der Waals surface area contributed by atoms with Crippen molar-refractivity contribution in [3.63, 3.8) is 0 Å². The highest BCUT2D eigenvalue weighted by atomic mass is 32.2. The quantitative estimate of drug-likeness (QED) is 0.745. The molecular weight excluding hydrogens is 414 g/mol. The fourth-order valence-electron chi connectivity index (χ4n) is 4.14. The van der Waals surface area contributed by atoms with E-state index in [1.165, 1.54) is 4.31 Å². The van der Waals surface area contributed by atoms with Crippen LogP contribution >= 0.6 is 0 Å². The first-order chi connectivity index (χ1) is 14.9. The SMILES string of the molecule is CCc1cccc(NC(=O)C2CCN(S(=O)(=O)c3ccc4c(c3)CCC(=O)N4)CC2)c1. The number of nitrogens with one attached hydrogen (secondary N) is 2. The van der Waals surface area contributed by atoms with Gasteiger partial charge in [0.15, 0.2) is 0 Å². The summed E-state index contributed by atoms with van der Waals surface area (Å²) in [6, 6.07) is 12.6. The summed E-state index contributed by atoms with van der Waals surface area (Å²) in [6.45, 7) is 2.68. The van der Waals surface area contributed by atoms with E-state index in [-0.39, 0.29) is 22.6 Å². The van der Waals surface area contributed by atoms with Gasteiger partial charge in [-0.05, 0) is 67.1 Å². The second-order valence-corrected chi connectivity index (χ2v) is 10.0. The lowest BCUT2D eigenvalue weighted by Crippen LogP contribution is -2.41. The van der Waals surface area contributed by atoms with Gasteiger partial charge in [-0.1, -0.05) is 19.1 Å². The van der Waals surface area contributed by atoms with Crippen LogP contribution in [0.15, 0.2) is 47.4 Å². The molecule has 8 heteroatoms. The molecule has 1 saturated heterocycles. The van der Waals surface area contributed by atoms with Crippen molar-refractivity contribution in [3.8, 4) is 0 Å². The largest absolute Gasteiger partial charge is 0.326 e. The predicted molar refractivity (Wildman–Crippen MR) is 119 cm³/mol. The third-order valence-electron chi connectivity index (χ3n) is 6.04. The molecule has 0 bridgehead atoms. The topological polar surface area (TPSA) is 95.6 Å². The number of amides is 2. The number of benzene rings is 2. The molecule has 164 valence electrons. The molecule has 2 aromatic carbocycles. The molecule has 7 nitrogen and oxygen atoms in total. The highest BCUT2D eigenvalue weighted by molar-refractivity contribution is 7.89. The van der Waals surface area contributed by atoms with Crippen LogP contribution in [0, 0.1) is 5.92 Å². The maximum absolute atomic E-state index is 13.1. The van der Waals surface area contributed by atoms with Crippen LogP contribution in [0.1, 0.15) is 37.3 Å². The first-order valence-corrected chi connectivity index (χ1v) is 12.1. The highest BCUT2D eigenvalue weighted by Gasteiger charge is 2.32. The summed E-state index contributed by atoms with van der Waals surface area (Å²) in [5.74, 6) is -0.324. The molecule has 2 aliphatic rings. The predicted octanol–water partition coefficient (Wildman–Crippen LogP) is 3.17. The summed E-state index contributed by atoms with van der Waals surface area (Å²) >= 11 is 0. The maximum Gasteiger partial charge on any atom is 0.243 e. The van der Waals surface area contributed by atoms with Crippen LogP contribution in [0.2, 0.25) is 0 Å². The summed E-state index contributed by atoms with van der Waals surface area (Å²) in [7, 11) is -3.64. The fourth-order valence-corrected chi connectivity index (χ4v) is 5.66. The minimum atomic E-state index is -3.64. The molecule has 2 aromatic rings. The van der Waals surface area contributed by atoms with Crippen molar-refractivity contribution in [2.24, 2.45) is 5.92 Å². The maximum atomic E-state index is 13.1. The van der Waals surface area contributed by atoms with Gasteiger partial charge in [-0.3, -0.25) is 9.59 Å². The summed E-state index contributed by atoms with van der Waals surface area (Å²) in [5, 5.41) is 5.74. The molecule has 0 saturated carbocycles. The number of carbonyl (C=O) groups excluding carboxylic acids is 2. The molecule has 4 rings (SSSR count). The summed E-state index contributed by atoms with van der Waals surface area (Å²) in [5.41, 5.74) is 3.45. The Hall–Kier alpha value is -2.71. The van der Waals surface area contributed by atoms with Gasteiger partial charge in [0.1, 0.15) is 0 Å². The number of sulfonamides is 1. The van der Waals surface area contributed by atoms with Gasteiger partial charge in [-0.25, -0.2) is 8.42 Å². The van der Waals surface area contributed by atoms with Gasteiger partial charge in [0.25, 0.3) is 0 Å². The average molecular weight is 442 g/mol. The molecule has 31 heavy (non-hydrogen) atoms. The van der Waals surface area contributed by atoms with Crippen LogP contribution in [-0.2, 0) is 32.5 Å². The van der Waals surface area contributed by atoms with E-state index in [1.807, 2.05) is 24.3 Å². The number of piperidine rings is 1. The van der Waals surface area contributed by atoms with Crippen molar-refractivity contribution in [1.82, 2.24) is 4.31 Å². The van der Waals surface area contributed by atoms with Crippen LogP contribution in [0.25, 0.3) is 0 Å². The zero-order valence-corrected chi connectivity index (χ0v) is 18.4. The van der Waals surface area contributed by atoms with E-state index in [0.29, 0.717) is 44.5 Å². The van der Waals surface area contributed by atoms with Gasteiger partial charge in [0, 0.05) is 36.8 Å². The van der Waals surface area contributed by atoms with Crippen molar-refractivity contribution in [2.45, 2.75) is 43.9 Å². The Labute approximate surface area is 182 Å². The third kappa shape index (κ3) is 4.65. The smallest absolute Gasteiger partial charge is 0.243 e. The second-order valence-electron chi connectivity index (χ2n) is 8.09. The Morgan fingerprint density at radius 1 is 1.13 bits per heavy atom. The zero-order valence-electron chi connectivity index (χ0n) is 17.6. The van der Waals surface area contributed by atoms with Gasteiger partial charge in [0.2, 0.25) is 21.8 Å². The third-order valence-corrected chi connectivity index (χ3v) is 7.93. The Bertz CT molecular complexity index is 1110. The Kier molecular flexibility index (Phi) is 6.11. The molecule has 2 amide bonds. The van der Waals surface area contributed by atoms with Crippen LogP contribution in [0.4, 0.5) is 11.4 Å². The number of carbonyl (C=O) groups is 2. The number of anilines is 2. The Morgan fingerprint density at radius 3 is 2.65 bits per heavy atom. The molecule has 2 heterocycles. The summed E-state index contributed by atoms with van der Waals surface area (Å²) in [6.07, 6.45) is 2.76. The van der Waals surface area contributed by atoms with E-state index in [9.17, 15) is 18.0 Å². The number of rotatable bonds is 5. The lowest BCUT2D eigenvalue weighted by molar-refractivity contribution is -0.121. The Balaban J connectivity index is 1.39. The number of fused-ring (bicyclic) bond motifs is 1. The minimum Gasteiger partial charge on any atom is -0.326 e. The van der Waals surface area contributed by atoms with Gasteiger partial charge in [-0.15, -0.1) is 0 Å². The van der Waals surface area contributed by atoms with E-state index in [1.54, 1.807) is 18.2 Å². The van der Waals surface area contributed by atoms with Crippen LogP contribution < -0.4 is 10.6 Å². The second kappa shape index (κ2) is 8.80. The zero-order chi connectivity index (χ0) is 22.0. The lowest BCUT2D eigenvalue weighted by Gasteiger charge is -2.31. The van der Waals surface area contributed by atoms with Crippen molar-refractivity contribution >= 4 is 33.2 Å². The van der Waals surface area contributed by atoms with E-state index in [0.717, 1.165) is 23.2 Å². The molecule has 0 aromatic heterocycles. The van der Waals surface area contributed by atoms with Crippen LogP contribution in [0.3, 0.4) is 0 Å². The normalized spacial score (nSPS) is 17.6. The van der Waals surface area contributed by atoms with Gasteiger partial charge in [0.05, 0.1) is 4.90 Å². The van der Waals surface area contributed by atoms with Crippen molar-refractivity contribution in [1.29, 1.82) is 0 Å². The molecule has 0 spiro atoms. The summed E-state index contributed by atoms with van der Waals surface area (Å²) < 4.78 is 27.7. The Morgan fingerprint density at radius 2 is 1.90 bits per heavy atom. The standard InChI is InChI=1S/C23H27N3O4S/c1-2-16-4-3-5-19(14-16)24-23(28)17-10-12-26(13-11-17)31(29,30)20-7-8-21-18(15-20)6-9-22(27)25-21/h3-5,7-8,14-15,17H,2,6,9-13H2,1H3,(H,24,28)(H,25,27). The number of nitrogens with zero attached hydrogens (tertiary/aromatic N) is 1. The monoisotopic (exact) mass is 441 g/mol.